The van der Waals surface area contributed by atoms with E-state index in [1.165, 1.54) is 0 Å². The first-order valence-electron chi connectivity index (χ1n) is 5.59. The minimum absolute atomic E-state index is 0.133. The second-order valence-corrected chi connectivity index (χ2v) is 3.94. The Balaban J connectivity index is 1.97. The van der Waals surface area contributed by atoms with Gasteiger partial charge in [-0.2, -0.15) is 5.10 Å². The number of rotatable bonds is 4. The molecule has 2 rings (SSSR count). The van der Waals surface area contributed by atoms with E-state index in [4.69, 9.17) is 4.74 Å². The summed E-state index contributed by atoms with van der Waals surface area (Å²) < 4.78 is 6.72. The SMILES string of the molecule is COc1cccc(CNC(=O)c2cnn(C)c2)c1. The number of hydrogen-bond donors (Lipinski definition) is 1. The largest absolute Gasteiger partial charge is 0.497 e. The fourth-order valence-electron chi connectivity index (χ4n) is 1.61. The molecule has 0 aliphatic heterocycles. The van der Waals surface area contributed by atoms with E-state index in [1.807, 2.05) is 24.3 Å². The predicted octanol–water partition coefficient (Wildman–Crippen LogP) is 1.36. The van der Waals surface area contributed by atoms with E-state index in [0.29, 0.717) is 12.1 Å². The van der Waals surface area contributed by atoms with Gasteiger partial charge in [-0.05, 0) is 17.7 Å². The van der Waals surface area contributed by atoms with Crippen molar-refractivity contribution in [1.82, 2.24) is 15.1 Å². The molecule has 0 radical (unpaired) electrons. The molecule has 5 heteroatoms. The normalized spacial score (nSPS) is 10.1. The van der Waals surface area contributed by atoms with Crippen molar-refractivity contribution in [1.29, 1.82) is 0 Å². The Morgan fingerprint density at radius 1 is 1.50 bits per heavy atom. The van der Waals surface area contributed by atoms with Crippen molar-refractivity contribution in [3.63, 3.8) is 0 Å². The van der Waals surface area contributed by atoms with Crippen molar-refractivity contribution in [2.24, 2.45) is 7.05 Å². The lowest BCUT2D eigenvalue weighted by Gasteiger charge is -2.05. The van der Waals surface area contributed by atoms with E-state index >= 15 is 0 Å². The van der Waals surface area contributed by atoms with Gasteiger partial charge in [0.05, 0.1) is 18.9 Å². The van der Waals surface area contributed by atoms with Crippen LogP contribution in [0.4, 0.5) is 0 Å². The number of hydrogen-bond acceptors (Lipinski definition) is 3. The number of aromatic nitrogens is 2. The monoisotopic (exact) mass is 245 g/mol. The van der Waals surface area contributed by atoms with Crippen molar-refractivity contribution < 1.29 is 9.53 Å². The van der Waals surface area contributed by atoms with Gasteiger partial charge in [-0.25, -0.2) is 0 Å². The number of benzene rings is 1. The van der Waals surface area contributed by atoms with Gasteiger partial charge in [-0.1, -0.05) is 12.1 Å². The molecule has 5 nitrogen and oxygen atoms in total. The fourth-order valence-corrected chi connectivity index (χ4v) is 1.61. The van der Waals surface area contributed by atoms with Gasteiger partial charge in [0.15, 0.2) is 0 Å². The second-order valence-electron chi connectivity index (χ2n) is 3.94. The molecule has 0 spiro atoms. The first-order chi connectivity index (χ1) is 8.69. The van der Waals surface area contributed by atoms with Gasteiger partial charge in [-0.15, -0.1) is 0 Å². The Kier molecular flexibility index (Phi) is 3.62. The number of carbonyl (C=O) groups excluding carboxylic acids is 1. The van der Waals surface area contributed by atoms with Crippen LogP contribution in [0.3, 0.4) is 0 Å². The van der Waals surface area contributed by atoms with Crippen LogP contribution in [0.2, 0.25) is 0 Å². The number of nitrogens with one attached hydrogen (secondary N) is 1. The third kappa shape index (κ3) is 2.88. The Labute approximate surface area is 105 Å². The van der Waals surface area contributed by atoms with Crippen molar-refractivity contribution in [2.75, 3.05) is 7.11 Å². The highest BCUT2D eigenvalue weighted by atomic mass is 16.5. The highest BCUT2D eigenvalue weighted by Crippen LogP contribution is 2.12. The molecule has 0 saturated heterocycles. The van der Waals surface area contributed by atoms with Crippen molar-refractivity contribution in [2.45, 2.75) is 6.54 Å². The molecule has 18 heavy (non-hydrogen) atoms. The lowest BCUT2D eigenvalue weighted by atomic mass is 10.2. The lowest BCUT2D eigenvalue weighted by Crippen LogP contribution is -2.22. The van der Waals surface area contributed by atoms with Crippen LogP contribution in [0.15, 0.2) is 36.7 Å². The van der Waals surface area contributed by atoms with Crippen LogP contribution in [0.1, 0.15) is 15.9 Å². The summed E-state index contributed by atoms with van der Waals surface area (Å²) in [6.45, 7) is 0.463. The standard InChI is InChI=1S/C13H15N3O2/c1-16-9-11(8-15-16)13(17)14-7-10-4-3-5-12(6-10)18-2/h3-6,8-9H,7H2,1-2H3,(H,14,17). The average molecular weight is 245 g/mol. The van der Waals surface area contributed by atoms with Crippen LogP contribution >= 0.6 is 0 Å². The number of methoxy groups -OCH3 is 1. The van der Waals surface area contributed by atoms with Crippen LogP contribution in [0.25, 0.3) is 0 Å². The molecule has 1 aromatic carbocycles. The Bertz CT molecular complexity index is 549. The van der Waals surface area contributed by atoms with Gasteiger partial charge in [0.1, 0.15) is 5.75 Å². The van der Waals surface area contributed by atoms with Gasteiger partial charge < -0.3 is 10.1 Å². The molecule has 1 amide bonds. The summed E-state index contributed by atoms with van der Waals surface area (Å²) in [4.78, 5) is 11.8. The van der Waals surface area contributed by atoms with Crippen LogP contribution in [-0.2, 0) is 13.6 Å². The maximum atomic E-state index is 11.8. The second kappa shape index (κ2) is 5.35. The molecule has 2 aromatic rings. The molecule has 0 aliphatic carbocycles. The molecule has 0 aliphatic rings. The van der Waals surface area contributed by atoms with E-state index in [-0.39, 0.29) is 5.91 Å². The molecule has 0 fully saturated rings. The average Bonchev–Trinajstić information content (AvgIpc) is 2.83. The highest BCUT2D eigenvalue weighted by molar-refractivity contribution is 5.93. The third-order valence-corrected chi connectivity index (χ3v) is 2.55. The maximum absolute atomic E-state index is 11.8. The lowest BCUT2D eigenvalue weighted by molar-refractivity contribution is 0.0951. The summed E-state index contributed by atoms with van der Waals surface area (Å²) in [5, 5.41) is 6.79. The van der Waals surface area contributed by atoms with Crippen LogP contribution in [0.5, 0.6) is 5.75 Å². The molecule has 1 aromatic heterocycles. The van der Waals surface area contributed by atoms with Crippen molar-refractivity contribution >= 4 is 5.91 Å². The minimum Gasteiger partial charge on any atom is -0.497 e. The van der Waals surface area contributed by atoms with Gasteiger partial charge in [0.25, 0.3) is 5.91 Å². The number of amides is 1. The topological polar surface area (TPSA) is 56.1 Å². The summed E-state index contributed by atoms with van der Waals surface area (Å²) in [5.41, 5.74) is 1.55. The Morgan fingerprint density at radius 3 is 3.00 bits per heavy atom. The molecule has 0 atom stereocenters. The van der Waals surface area contributed by atoms with E-state index in [9.17, 15) is 4.79 Å². The molecule has 0 bridgehead atoms. The maximum Gasteiger partial charge on any atom is 0.254 e. The zero-order valence-electron chi connectivity index (χ0n) is 10.4. The number of carbonyl (C=O) groups is 1. The molecule has 1 heterocycles. The van der Waals surface area contributed by atoms with Crippen LogP contribution in [0, 0.1) is 0 Å². The Hall–Kier alpha value is -2.30. The number of aryl methyl sites for hydroxylation is 1. The third-order valence-electron chi connectivity index (χ3n) is 2.55. The van der Waals surface area contributed by atoms with Gasteiger partial charge >= 0.3 is 0 Å². The number of nitrogens with zero attached hydrogens (tertiary/aromatic N) is 2. The zero-order valence-corrected chi connectivity index (χ0v) is 10.4. The van der Waals surface area contributed by atoms with Crippen LogP contribution in [-0.4, -0.2) is 22.8 Å². The van der Waals surface area contributed by atoms with Crippen molar-refractivity contribution in [3.05, 3.63) is 47.8 Å². The summed E-state index contributed by atoms with van der Waals surface area (Å²) in [6.07, 6.45) is 3.22. The summed E-state index contributed by atoms with van der Waals surface area (Å²) in [6, 6.07) is 7.59. The van der Waals surface area contributed by atoms with E-state index < -0.39 is 0 Å². The summed E-state index contributed by atoms with van der Waals surface area (Å²) >= 11 is 0. The Morgan fingerprint density at radius 2 is 2.33 bits per heavy atom. The quantitative estimate of drug-likeness (QED) is 0.884. The first-order valence-corrected chi connectivity index (χ1v) is 5.59. The molecule has 0 saturated carbocycles. The molecule has 1 N–H and O–H groups in total. The van der Waals surface area contributed by atoms with Crippen LogP contribution < -0.4 is 10.1 Å². The van der Waals surface area contributed by atoms with Gasteiger partial charge in [0, 0.05) is 19.8 Å². The summed E-state index contributed by atoms with van der Waals surface area (Å²) in [7, 11) is 3.40. The molecular weight excluding hydrogens is 230 g/mol. The number of ether oxygens (including phenoxy) is 1. The smallest absolute Gasteiger partial charge is 0.254 e. The minimum atomic E-state index is -0.133. The molecule has 0 unspecified atom stereocenters. The fraction of sp³-hybridized carbons (Fsp3) is 0.231. The van der Waals surface area contributed by atoms with Gasteiger partial charge in [-0.3, -0.25) is 9.48 Å². The predicted molar refractivity (Wildman–Crippen MR) is 67.4 cm³/mol. The first kappa shape index (κ1) is 12.2. The van der Waals surface area contributed by atoms with E-state index in [2.05, 4.69) is 10.4 Å². The molecule has 94 valence electrons. The zero-order chi connectivity index (χ0) is 13.0. The van der Waals surface area contributed by atoms with Crippen molar-refractivity contribution in [3.8, 4) is 5.75 Å². The molecular formula is C13H15N3O2. The summed E-state index contributed by atoms with van der Waals surface area (Å²) in [5.74, 6) is 0.647. The van der Waals surface area contributed by atoms with Gasteiger partial charge in [0.2, 0.25) is 0 Å². The van der Waals surface area contributed by atoms with E-state index in [0.717, 1.165) is 11.3 Å². The van der Waals surface area contributed by atoms with E-state index in [1.54, 1.807) is 31.2 Å². The highest BCUT2D eigenvalue weighted by Gasteiger charge is 2.07.